The van der Waals surface area contributed by atoms with Crippen molar-refractivity contribution in [2.45, 2.75) is 24.5 Å². The Kier molecular flexibility index (Phi) is 7.67. The molecule has 0 spiro atoms. The molecule has 0 saturated carbocycles. The Balaban J connectivity index is 2.15. The third-order valence-corrected chi connectivity index (χ3v) is 9.97. The summed E-state index contributed by atoms with van der Waals surface area (Å²) in [5.41, 5.74) is -1.97. The molecule has 6 N–H and O–H groups in total. The maximum absolute atomic E-state index is 12.2. The maximum Gasteiger partial charge on any atom is 0.298 e. The lowest BCUT2D eigenvalue weighted by Crippen LogP contribution is -2.06. The molecule has 43 heavy (non-hydrogen) atoms. The molecule has 0 atom stereocenters. The van der Waals surface area contributed by atoms with E-state index in [1.54, 1.807) is 0 Å². The monoisotopic (exact) mass is 698 g/mol. The fourth-order valence-corrected chi connectivity index (χ4v) is 7.00. The van der Waals surface area contributed by atoms with Gasteiger partial charge in [-0.1, -0.05) is 6.07 Å². The predicted octanol–water partition coefficient (Wildman–Crippen LogP) is 2.35. The molecular formula is C20H14N2O16S5. The minimum Gasteiger partial charge on any atom is -0.504 e. The number of azo groups is 1. The quantitative estimate of drug-likeness (QED) is 0.119. The van der Waals surface area contributed by atoms with Gasteiger partial charge in [0.05, 0.1) is 9.79 Å². The minimum atomic E-state index is -5.46. The van der Waals surface area contributed by atoms with Crippen molar-refractivity contribution >= 4 is 83.5 Å². The molecule has 0 aliphatic heterocycles. The van der Waals surface area contributed by atoms with E-state index in [4.69, 9.17) is 0 Å². The van der Waals surface area contributed by atoms with Crippen LogP contribution in [0, 0.1) is 0 Å². The molecule has 4 aromatic carbocycles. The first-order valence-electron chi connectivity index (χ1n) is 10.6. The summed E-state index contributed by atoms with van der Waals surface area (Å²) < 4.78 is 166. The molecule has 0 aromatic heterocycles. The third-order valence-electron chi connectivity index (χ3n) is 5.66. The first-order valence-corrected chi connectivity index (χ1v) is 17.8. The molecule has 0 bridgehead atoms. The van der Waals surface area contributed by atoms with E-state index in [0.29, 0.717) is 18.2 Å². The average Bonchev–Trinajstić information content (AvgIpc) is 2.83. The van der Waals surface area contributed by atoms with Gasteiger partial charge in [0.15, 0.2) is 5.75 Å². The van der Waals surface area contributed by atoms with Gasteiger partial charge in [-0.15, -0.1) is 10.2 Å². The fourth-order valence-electron chi connectivity index (χ4n) is 3.86. The highest BCUT2D eigenvalue weighted by molar-refractivity contribution is 7.87. The van der Waals surface area contributed by atoms with Crippen molar-refractivity contribution in [3.63, 3.8) is 0 Å². The molecule has 0 saturated heterocycles. The van der Waals surface area contributed by atoms with Gasteiger partial charge in [-0.3, -0.25) is 22.8 Å². The molecule has 0 amide bonds. The summed E-state index contributed by atoms with van der Waals surface area (Å²) in [4.78, 5) is -5.66. The van der Waals surface area contributed by atoms with Gasteiger partial charge < -0.3 is 5.11 Å². The number of hydrogen-bond donors (Lipinski definition) is 6. The summed E-state index contributed by atoms with van der Waals surface area (Å²) in [6.07, 6.45) is 0. The van der Waals surface area contributed by atoms with Gasteiger partial charge in [-0.25, -0.2) is 0 Å². The molecule has 230 valence electrons. The second kappa shape index (κ2) is 10.2. The van der Waals surface area contributed by atoms with Crippen LogP contribution in [0.4, 0.5) is 11.4 Å². The van der Waals surface area contributed by atoms with E-state index in [2.05, 4.69) is 10.2 Å². The Morgan fingerprint density at radius 1 is 0.465 bits per heavy atom. The van der Waals surface area contributed by atoms with E-state index in [9.17, 15) is 70.0 Å². The van der Waals surface area contributed by atoms with Crippen LogP contribution in [0.15, 0.2) is 83.2 Å². The highest BCUT2D eigenvalue weighted by Gasteiger charge is 2.29. The second-order valence-electron chi connectivity index (χ2n) is 8.50. The lowest BCUT2D eigenvalue weighted by Gasteiger charge is -2.13. The van der Waals surface area contributed by atoms with Crippen molar-refractivity contribution in [2.24, 2.45) is 10.2 Å². The Labute approximate surface area is 241 Å². The van der Waals surface area contributed by atoms with Crippen LogP contribution >= 0.6 is 0 Å². The van der Waals surface area contributed by atoms with E-state index in [-0.39, 0.29) is 16.8 Å². The van der Waals surface area contributed by atoms with E-state index >= 15 is 0 Å². The summed E-state index contributed by atoms with van der Waals surface area (Å²) in [5.74, 6) is -1.52. The molecule has 4 rings (SSSR count). The lowest BCUT2D eigenvalue weighted by molar-refractivity contribution is 0.444. The standard InChI is InChI=1S/C20H14N2O16S5/c23-20-17(43(36,37)38)7-11-4-13(40(27,28)29)8-16(42(33,34)35)18(11)19(20)22-21-14-5-9-1-2-12(39(24,25)26)3-10(9)6-15(14)41(30,31)32/h1-8,23H,(H,24,25,26)(H,27,28,29)(H,30,31,32)(H,33,34,35)(H,36,37,38). The van der Waals surface area contributed by atoms with Crippen LogP contribution < -0.4 is 0 Å². The molecule has 0 aliphatic rings. The van der Waals surface area contributed by atoms with Gasteiger partial charge >= 0.3 is 0 Å². The Bertz CT molecular complexity index is 2470. The number of rotatable bonds is 7. The smallest absolute Gasteiger partial charge is 0.298 e. The van der Waals surface area contributed by atoms with E-state index in [0.717, 1.165) is 24.3 Å². The predicted molar refractivity (Wildman–Crippen MR) is 143 cm³/mol. The largest absolute Gasteiger partial charge is 0.504 e. The molecule has 0 unspecified atom stereocenters. The van der Waals surface area contributed by atoms with Crippen LogP contribution in [0.1, 0.15) is 0 Å². The van der Waals surface area contributed by atoms with Gasteiger partial charge in [-0.05, 0) is 58.6 Å². The zero-order valence-electron chi connectivity index (χ0n) is 20.3. The zero-order chi connectivity index (χ0) is 32.5. The minimum absolute atomic E-state index is 0.0194. The number of hydrogen-bond acceptors (Lipinski definition) is 13. The van der Waals surface area contributed by atoms with Crippen molar-refractivity contribution in [3.05, 3.63) is 48.5 Å². The molecule has 0 heterocycles. The van der Waals surface area contributed by atoms with Crippen molar-refractivity contribution in [1.29, 1.82) is 0 Å². The van der Waals surface area contributed by atoms with Crippen molar-refractivity contribution in [1.82, 2.24) is 0 Å². The highest BCUT2D eigenvalue weighted by atomic mass is 32.2. The molecule has 0 radical (unpaired) electrons. The van der Waals surface area contributed by atoms with Crippen LogP contribution in [-0.2, 0) is 50.6 Å². The van der Waals surface area contributed by atoms with Gasteiger partial charge in [0, 0.05) is 5.39 Å². The number of fused-ring (bicyclic) bond motifs is 2. The third kappa shape index (κ3) is 6.49. The summed E-state index contributed by atoms with van der Waals surface area (Å²) in [5, 5.41) is 15.8. The topological polar surface area (TPSA) is 317 Å². The first kappa shape index (κ1) is 32.3. The average molecular weight is 699 g/mol. The second-order valence-corrected chi connectivity index (χ2v) is 15.5. The number of aromatic hydroxyl groups is 1. The number of phenolic OH excluding ortho intramolecular Hbond substituents is 1. The summed E-state index contributed by atoms with van der Waals surface area (Å²) in [6.45, 7) is 0. The van der Waals surface area contributed by atoms with Gasteiger partial charge in [0.2, 0.25) is 0 Å². The van der Waals surface area contributed by atoms with E-state index in [1.165, 1.54) is 0 Å². The fraction of sp³-hybridized carbons (Fsp3) is 0. The van der Waals surface area contributed by atoms with Crippen LogP contribution in [0.25, 0.3) is 21.5 Å². The Hall–Kier alpha value is -3.65. The normalized spacial score (nSPS) is 13.7. The van der Waals surface area contributed by atoms with Crippen molar-refractivity contribution < 1.29 is 70.0 Å². The summed E-state index contributed by atoms with van der Waals surface area (Å²) >= 11 is 0. The van der Waals surface area contributed by atoms with Crippen molar-refractivity contribution in [2.75, 3.05) is 0 Å². The lowest BCUT2D eigenvalue weighted by atomic mass is 10.1. The number of benzene rings is 4. The van der Waals surface area contributed by atoms with Gasteiger partial charge in [0.1, 0.15) is 26.1 Å². The highest BCUT2D eigenvalue weighted by Crippen LogP contribution is 2.45. The Morgan fingerprint density at radius 2 is 0.977 bits per heavy atom. The van der Waals surface area contributed by atoms with Crippen LogP contribution in [0.3, 0.4) is 0 Å². The van der Waals surface area contributed by atoms with E-state index in [1.807, 2.05) is 0 Å². The van der Waals surface area contributed by atoms with Gasteiger partial charge in [-0.2, -0.15) is 42.1 Å². The molecule has 0 fully saturated rings. The summed E-state index contributed by atoms with van der Waals surface area (Å²) in [7, 11) is -26.0. The van der Waals surface area contributed by atoms with Gasteiger partial charge in [0.25, 0.3) is 50.6 Å². The molecule has 18 nitrogen and oxygen atoms in total. The summed E-state index contributed by atoms with van der Waals surface area (Å²) in [6, 6.07) is 5.47. The molecule has 0 aliphatic carbocycles. The SMILES string of the molecule is O=S(=O)(O)c1ccc2cc(N=Nc3c(O)c(S(=O)(=O)O)cc4cc(S(=O)(=O)O)cc(S(=O)(=O)O)c34)c(S(=O)(=O)O)cc2c1. The molecule has 23 heteroatoms. The van der Waals surface area contributed by atoms with Crippen LogP contribution in [0.5, 0.6) is 5.75 Å². The zero-order valence-corrected chi connectivity index (χ0v) is 24.4. The number of phenols is 1. The maximum atomic E-state index is 12.2. The Morgan fingerprint density at radius 3 is 1.49 bits per heavy atom. The van der Waals surface area contributed by atoms with Crippen LogP contribution in [0.2, 0.25) is 0 Å². The number of nitrogens with zero attached hydrogens (tertiary/aromatic N) is 2. The van der Waals surface area contributed by atoms with Crippen molar-refractivity contribution in [3.8, 4) is 5.75 Å². The van der Waals surface area contributed by atoms with Crippen LogP contribution in [-0.4, -0.2) is 70.0 Å². The first-order chi connectivity index (χ1) is 19.4. The molecule has 4 aromatic rings. The van der Waals surface area contributed by atoms with E-state index < -0.39 is 103 Å². The molecular weight excluding hydrogens is 685 g/mol.